The minimum atomic E-state index is 0.0176. The van der Waals surface area contributed by atoms with Gasteiger partial charge in [0.15, 0.2) is 5.82 Å². The van der Waals surface area contributed by atoms with E-state index in [9.17, 15) is 4.79 Å². The number of rotatable bonds is 4. The summed E-state index contributed by atoms with van der Waals surface area (Å²) in [7, 11) is 1.89. The molecular weight excluding hydrogens is 354 g/mol. The molecule has 0 spiro atoms. The molecule has 1 aliphatic rings. The SMILES string of the molecule is CC(C)c1noc(C2CCN(C(=O)c3cnc(-c4ccccc4)n3C)CC2)n1. The quantitative estimate of drug-likeness (QED) is 0.692. The highest BCUT2D eigenvalue weighted by atomic mass is 16.5. The zero-order valence-electron chi connectivity index (χ0n) is 16.5. The Morgan fingerprint density at radius 3 is 2.54 bits per heavy atom. The van der Waals surface area contributed by atoms with Gasteiger partial charge in [-0.2, -0.15) is 4.98 Å². The number of carbonyl (C=O) groups is 1. The fourth-order valence-electron chi connectivity index (χ4n) is 3.60. The van der Waals surface area contributed by atoms with Gasteiger partial charge in [0, 0.05) is 37.5 Å². The molecule has 3 aromatic rings. The number of likely N-dealkylation sites (tertiary alicyclic amines) is 1. The van der Waals surface area contributed by atoms with Crippen LogP contribution in [0.5, 0.6) is 0 Å². The molecule has 2 aromatic heterocycles. The van der Waals surface area contributed by atoms with Crippen LogP contribution in [0.25, 0.3) is 11.4 Å². The predicted octanol–water partition coefficient (Wildman–Crippen LogP) is 3.61. The van der Waals surface area contributed by atoms with Crippen LogP contribution in [0.1, 0.15) is 60.7 Å². The van der Waals surface area contributed by atoms with Crippen LogP contribution in [0.15, 0.2) is 41.1 Å². The van der Waals surface area contributed by atoms with Crippen LogP contribution in [0.4, 0.5) is 0 Å². The van der Waals surface area contributed by atoms with Crippen molar-refractivity contribution in [2.24, 2.45) is 7.05 Å². The van der Waals surface area contributed by atoms with Crippen LogP contribution in [0.2, 0.25) is 0 Å². The molecule has 1 saturated heterocycles. The van der Waals surface area contributed by atoms with E-state index in [1.165, 1.54) is 0 Å². The third-order valence-electron chi connectivity index (χ3n) is 5.34. The fraction of sp³-hybridized carbons (Fsp3) is 0.429. The van der Waals surface area contributed by atoms with Gasteiger partial charge < -0.3 is 14.0 Å². The van der Waals surface area contributed by atoms with Gasteiger partial charge in [-0.15, -0.1) is 0 Å². The second-order valence-electron chi connectivity index (χ2n) is 7.60. The molecule has 1 aliphatic heterocycles. The standard InChI is InChI=1S/C21H25N5O2/c1-14(2)18-23-20(28-24-18)16-9-11-26(12-10-16)21(27)17-13-22-19(25(17)3)15-7-5-4-6-8-15/h4-8,13-14,16H,9-12H2,1-3H3. The highest BCUT2D eigenvalue weighted by Crippen LogP contribution is 2.29. The lowest BCUT2D eigenvalue weighted by molar-refractivity contribution is 0.0695. The molecule has 7 nitrogen and oxygen atoms in total. The smallest absolute Gasteiger partial charge is 0.272 e. The molecule has 0 aliphatic carbocycles. The fourth-order valence-corrected chi connectivity index (χ4v) is 3.60. The van der Waals surface area contributed by atoms with E-state index in [1.54, 1.807) is 6.20 Å². The monoisotopic (exact) mass is 379 g/mol. The summed E-state index contributed by atoms with van der Waals surface area (Å²) in [5.74, 6) is 2.73. The van der Waals surface area contributed by atoms with Crippen molar-refractivity contribution in [3.63, 3.8) is 0 Å². The number of nitrogens with zero attached hydrogens (tertiary/aromatic N) is 5. The number of hydrogen-bond acceptors (Lipinski definition) is 5. The van der Waals surface area contributed by atoms with E-state index in [1.807, 2.05) is 60.7 Å². The molecule has 1 amide bonds. The first-order chi connectivity index (χ1) is 13.5. The summed E-state index contributed by atoms with van der Waals surface area (Å²) in [4.78, 5) is 23.9. The van der Waals surface area contributed by atoms with Gasteiger partial charge >= 0.3 is 0 Å². The summed E-state index contributed by atoms with van der Waals surface area (Å²) in [5.41, 5.74) is 1.61. The van der Waals surface area contributed by atoms with Crippen molar-refractivity contribution in [1.82, 2.24) is 24.6 Å². The summed E-state index contributed by atoms with van der Waals surface area (Å²) in [6, 6.07) is 9.91. The molecule has 0 saturated carbocycles. The Labute approximate surface area is 164 Å². The van der Waals surface area contributed by atoms with Crippen molar-refractivity contribution < 1.29 is 9.32 Å². The van der Waals surface area contributed by atoms with E-state index < -0.39 is 0 Å². The lowest BCUT2D eigenvalue weighted by Crippen LogP contribution is -2.38. The maximum absolute atomic E-state index is 13.0. The average molecular weight is 379 g/mol. The van der Waals surface area contributed by atoms with Crippen molar-refractivity contribution in [2.45, 2.75) is 38.5 Å². The molecule has 146 valence electrons. The Balaban J connectivity index is 1.44. The van der Waals surface area contributed by atoms with E-state index in [2.05, 4.69) is 15.1 Å². The molecule has 0 atom stereocenters. The van der Waals surface area contributed by atoms with E-state index in [0.717, 1.165) is 30.1 Å². The number of carbonyl (C=O) groups excluding carboxylic acids is 1. The van der Waals surface area contributed by atoms with Crippen LogP contribution in [-0.4, -0.2) is 43.6 Å². The first-order valence-electron chi connectivity index (χ1n) is 9.74. The Morgan fingerprint density at radius 1 is 1.18 bits per heavy atom. The molecular formula is C21H25N5O2. The highest BCUT2D eigenvalue weighted by molar-refractivity contribution is 5.93. The number of benzene rings is 1. The number of imidazole rings is 1. The van der Waals surface area contributed by atoms with E-state index in [-0.39, 0.29) is 17.7 Å². The molecule has 0 N–H and O–H groups in total. The molecule has 7 heteroatoms. The number of aromatic nitrogens is 4. The van der Waals surface area contributed by atoms with Gasteiger partial charge in [0.25, 0.3) is 5.91 Å². The normalized spacial score (nSPS) is 15.4. The first kappa shape index (κ1) is 18.4. The summed E-state index contributed by atoms with van der Waals surface area (Å²) < 4.78 is 7.31. The van der Waals surface area contributed by atoms with E-state index in [0.29, 0.717) is 24.7 Å². The van der Waals surface area contributed by atoms with E-state index in [4.69, 9.17) is 4.52 Å². The Hall–Kier alpha value is -2.96. The van der Waals surface area contributed by atoms with Crippen LogP contribution in [-0.2, 0) is 7.05 Å². The maximum Gasteiger partial charge on any atom is 0.272 e. The van der Waals surface area contributed by atoms with Crippen LogP contribution >= 0.6 is 0 Å². The summed E-state index contributed by atoms with van der Waals surface area (Å²) >= 11 is 0. The molecule has 0 radical (unpaired) electrons. The Kier molecular flexibility index (Phi) is 4.98. The zero-order valence-corrected chi connectivity index (χ0v) is 16.5. The molecule has 0 bridgehead atoms. The number of hydrogen-bond donors (Lipinski definition) is 0. The molecule has 4 rings (SSSR count). The summed E-state index contributed by atoms with van der Waals surface area (Å²) in [6.45, 7) is 5.45. The zero-order chi connectivity index (χ0) is 19.7. The Morgan fingerprint density at radius 2 is 1.89 bits per heavy atom. The maximum atomic E-state index is 13.0. The van der Waals surface area contributed by atoms with Gasteiger partial charge in [-0.05, 0) is 12.8 Å². The lowest BCUT2D eigenvalue weighted by Gasteiger charge is -2.30. The van der Waals surface area contributed by atoms with Crippen LogP contribution < -0.4 is 0 Å². The number of piperidine rings is 1. The van der Waals surface area contributed by atoms with Crippen molar-refractivity contribution >= 4 is 5.91 Å². The Bertz CT molecular complexity index is 952. The highest BCUT2D eigenvalue weighted by Gasteiger charge is 2.29. The average Bonchev–Trinajstić information content (AvgIpc) is 3.36. The molecule has 1 fully saturated rings. The topological polar surface area (TPSA) is 77.0 Å². The lowest BCUT2D eigenvalue weighted by atomic mass is 9.96. The molecule has 0 unspecified atom stereocenters. The predicted molar refractivity (Wildman–Crippen MR) is 105 cm³/mol. The van der Waals surface area contributed by atoms with Gasteiger partial charge in [0.1, 0.15) is 11.5 Å². The summed E-state index contributed by atoms with van der Waals surface area (Å²) in [5, 5.41) is 4.06. The van der Waals surface area contributed by atoms with Crippen LogP contribution in [0, 0.1) is 0 Å². The second-order valence-corrected chi connectivity index (χ2v) is 7.60. The van der Waals surface area contributed by atoms with Gasteiger partial charge in [0.05, 0.1) is 6.20 Å². The van der Waals surface area contributed by atoms with Crippen molar-refractivity contribution in [3.05, 3.63) is 53.9 Å². The third kappa shape index (κ3) is 3.44. The van der Waals surface area contributed by atoms with Gasteiger partial charge in [0.2, 0.25) is 5.89 Å². The van der Waals surface area contributed by atoms with E-state index >= 15 is 0 Å². The van der Waals surface area contributed by atoms with Crippen molar-refractivity contribution in [1.29, 1.82) is 0 Å². The van der Waals surface area contributed by atoms with Crippen LogP contribution in [0.3, 0.4) is 0 Å². The largest absolute Gasteiger partial charge is 0.339 e. The van der Waals surface area contributed by atoms with Crippen molar-refractivity contribution in [2.75, 3.05) is 13.1 Å². The minimum absolute atomic E-state index is 0.0176. The molecule has 28 heavy (non-hydrogen) atoms. The summed E-state index contributed by atoms with van der Waals surface area (Å²) in [6.07, 6.45) is 3.33. The number of amides is 1. The first-order valence-corrected chi connectivity index (χ1v) is 9.74. The van der Waals surface area contributed by atoms with Gasteiger partial charge in [-0.1, -0.05) is 49.3 Å². The van der Waals surface area contributed by atoms with Gasteiger partial charge in [-0.25, -0.2) is 4.98 Å². The molecule has 3 heterocycles. The van der Waals surface area contributed by atoms with Gasteiger partial charge in [-0.3, -0.25) is 4.79 Å². The second kappa shape index (κ2) is 7.58. The molecule has 1 aromatic carbocycles. The van der Waals surface area contributed by atoms with Crippen molar-refractivity contribution in [3.8, 4) is 11.4 Å². The minimum Gasteiger partial charge on any atom is -0.339 e. The third-order valence-corrected chi connectivity index (χ3v) is 5.34.